The lowest BCUT2D eigenvalue weighted by molar-refractivity contribution is 0.242. The van der Waals surface area contributed by atoms with Crippen LogP contribution in [0.3, 0.4) is 0 Å². The Labute approximate surface area is 84.2 Å². The van der Waals surface area contributed by atoms with Crippen molar-refractivity contribution < 1.29 is 0 Å². The van der Waals surface area contributed by atoms with Crippen LogP contribution in [-0.4, -0.2) is 4.83 Å². The van der Waals surface area contributed by atoms with E-state index < -0.39 is 0 Å². The fraction of sp³-hybridized carbons (Fsp3) is 0.818. The van der Waals surface area contributed by atoms with Gasteiger partial charge < -0.3 is 0 Å². The Bertz CT molecular complexity index is 168. The summed E-state index contributed by atoms with van der Waals surface area (Å²) in [6, 6.07) is 0. The number of hydrogen-bond acceptors (Lipinski definition) is 0. The highest BCUT2D eigenvalue weighted by Crippen LogP contribution is 2.37. The van der Waals surface area contributed by atoms with Crippen molar-refractivity contribution in [2.45, 2.75) is 43.9 Å². The molecule has 0 nitrogen and oxygen atoms in total. The maximum Gasteiger partial charge on any atom is 0.0149 e. The summed E-state index contributed by atoms with van der Waals surface area (Å²) in [5, 5.41) is 0. The summed E-state index contributed by atoms with van der Waals surface area (Å²) in [4.78, 5) is 0.721. The zero-order valence-electron chi connectivity index (χ0n) is 7.72. The van der Waals surface area contributed by atoms with Crippen LogP contribution < -0.4 is 0 Å². The van der Waals surface area contributed by atoms with E-state index in [0.29, 0.717) is 0 Å². The average Bonchev–Trinajstić information content (AvgIpc) is 2.05. The van der Waals surface area contributed by atoms with Crippen LogP contribution in [0.2, 0.25) is 0 Å². The molecule has 0 aromatic carbocycles. The molecule has 0 spiro atoms. The Balaban J connectivity index is 2.47. The molecule has 0 saturated heterocycles. The van der Waals surface area contributed by atoms with Gasteiger partial charge in [0, 0.05) is 11.2 Å². The van der Waals surface area contributed by atoms with Crippen LogP contribution in [0.1, 0.15) is 39.0 Å². The van der Waals surface area contributed by atoms with Crippen LogP contribution in [0, 0.1) is 24.2 Å². The predicted octanol–water partition coefficient (Wildman–Crippen LogP) is 3.60. The maximum absolute atomic E-state index is 5.36. The van der Waals surface area contributed by atoms with Gasteiger partial charge in [0.25, 0.3) is 0 Å². The average molecular weight is 229 g/mol. The van der Waals surface area contributed by atoms with E-state index in [2.05, 4.69) is 28.8 Å². The second kappa shape index (κ2) is 4.92. The minimum absolute atomic E-state index is 0.721. The third-order valence-electron chi connectivity index (χ3n) is 2.98. The molecule has 0 radical (unpaired) electrons. The highest BCUT2D eigenvalue weighted by atomic mass is 79.9. The Morgan fingerprint density at radius 1 is 1.42 bits per heavy atom. The third kappa shape index (κ3) is 2.52. The van der Waals surface area contributed by atoms with Gasteiger partial charge in [-0.15, -0.1) is 12.3 Å². The first-order valence-corrected chi connectivity index (χ1v) is 5.77. The van der Waals surface area contributed by atoms with Crippen molar-refractivity contribution in [3.8, 4) is 12.3 Å². The zero-order chi connectivity index (χ0) is 8.97. The topological polar surface area (TPSA) is 0 Å². The summed E-state index contributed by atoms with van der Waals surface area (Å²) in [5.41, 5.74) is 0. The molecule has 1 heteroatoms. The maximum atomic E-state index is 5.36. The Morgan fingerprint density at radius 3 is 2.75 bits per heavy atom. The first kappa shape index (κ1) is 10.1. The molecule has 1 rings (SSSR count). The van der Waals surface area contributed by atoms with Gasteiger partial charge in [0.05, 0.1) is 0 Å². The molecule has 1 saturated carbocycles. The molecule has 0 aliphatic heterocycles. The lowest BCUT2D eigenvalue weighted by atomic mass is 9.76. The molecular formula is C11H17Br. The number of alkyl halides is 1. The Kier molecular flexibility index (Phi) is 4.15. The van der Waals surface area contributed by atoms with Crippen LogP contribution >= 0.6 is 15.9 Å². The van der Waals surface area contributed by atoms with Gasteiger partial charge in [0.15, 0.2) is 0 Å². The molecule has 3 atom stereocenters. The minimum Gasteiger partial charge on any atom is -0.120 e. The summed E-state index contributed by atoms with van der Waals surface area (Å²) in [6.07, 6.45) is 11.6. The van der Waals surface area contributed by atoms with E-state index in [0.717, 1.165) is 23.1 Å². The van der Waals surface area contributed by atoms with Gasteiger partial charge in [-0.2, -0.15) is 0 Å². The third-order valence-corrected chi connectivity index (χ3v) is 3.81. The molecule has 0 amide bonds. The van der Waals surface area contributed by atoms with Gasteiger partial charge in [-0.3, -0.25) is 0 Å². The quantitative estimate of drug-likeness (QED) is 0.501. The van der Waals surface area contributed by atoms with Gasteiger partial charge in [-0.05, 0) is 31.1 Å². The molecule has 1 fully saturated rings. The molecule has 1 aliphatic rings. The fourth-order valence-electron chi connectivity index (χ4n) is 2.21. The summed E-state index contributed by atoms with van der Waals surface area (Å²) < 4.78 is 0. The van der Waals surface area contributed by atoms with E-state index >= 15 is 0 Å². The number of hydrogen-bond donors (Lipinski definition) is 0. The van der Waals surface area contributed by atoms with Crippen LogP contribution in [0.5, 0.6) is 0 Å². The second-order valence-electron chi connectivity index (χ2n) is 3.75. The van der Waals surface area contributed by atoms with Gasteiger partial charge >= 0.3 is 0 Å². The van der Waals surface area contributed by atoms with Crippen molar-refractivity contribution in [1.82, 2.24) is 0 Å². The normalized spacial score (nSPS) is 35.9. The second-order valence-corrected chi connectivity index (χ2v) is 5.04. The molecule has 0 aromatic heterocycles. The van der Waals surface area contributed by atoms with Crippen molar-refractivity contribution in [2.24, 2.45) is 11.8 Å². The molecule has 0 heterocycles. The van der Waals surface area contributed by atoms with Crippen molar-refractivity contribution >= 4 is 15.9 Å². The molecule has 0 bridgehead atoms. The summed E-state index contributed by atoms with van der Waals surface area (Å²) in [6.45, 7) is 2.28. The molecule has 12 heavy (non-hydrogen) atoms. The summed E-state index contributed by atoms with van der Waals surface area (Å²) in [5.74, 6) is 4.46. The van der Waals surface area contributed by atoms with E-state index in [9.17, 15) is 0 Å². The van der Waals surface area contributed by atoms with E-state index in [1.165, 1.54) is 25.7 Å². The van der Waals surface area contributed by atoms with E-state index in [1.807, 2.05) is 0 Å². The van der Waals surface area contributed by atoms with Gasteiger partial charge in [0.2, 0.25) is 0 Å². The number of halogens is 1. The number of terminal acetylenes is 1. The summed E-state index contributed by atoms with van der Waals surface area (Å²) in [7, 11) is 0. The predicted molar refractivity (Wildman–Crippen MR) is 57.3 cm³/mol. The monoisotopic (exact) mass is 228 g/mol. The molecule has 68 valence electrons. The highest BCUT2D eigenvalue weighted by Gasteiger charge is 2.27. The van der Waals surface area contributed by atoms with E-state index in [1.54, 1.807) is 0 Å². The highest BCUT2D eigenvalue weighted by molar-refractivity contribution is 9.09. The van der Waals surface area contributed by atoms with Crippen LogP contribution in [0.25, 0.3) is 0 Å². The summed E-state index contributed by atoms with van der Waals surface area (Å²) >= 11 is 3.69. The van der Waals surface area contributed by atoms with Crippen molar-refractivity contribution in [3.05, 3.63) is 0 Å². The largest absolute Gasteiger partial charge is 0.120 e. The minimum atomic E-state index is 0.721. The smallest absolute Gasteiger partial charge is 0.0149 e. The molecule has 0 aromatic rings. The van der Waals surface area contributed by atoms with Crippen LogP contribution in [0.15, 0.2) is 0 Å². The SMILES string of the molecule is C#CCC1CC(Br)CCC1CC. The van der Waals surface area contributed by atoms with E-state index in [-0.39, 0.29) is 0 Å². The van der Waals surface area contributed by atoms with Crippen LogP contribution in [0.4, 0.5) is 0 Å². The van der Waals surface area contributed by atoms with E-state index in [4.69, 9.17) is 6.42 Å². The Morgan fingerprint density at radius 2 is 2.17 bits per heavy atom. The van der Waals surface area contributed by atoms with Crippen LogP contribution in [-0.2, 0) is 0 Å². The van der Waals surface area contributed by atoms with Crippen molar-refractivity contribution in [3.63, 3.8) is 0 Å². The van der Waals surface area contributed by atoms with Gasteiger partial charge in [0.1, 0.15) is 0 Å². The van der Waals surface area contributed by atoms with Gasteiger partial charge in [-0.25, -0.2) is 0 Å². The Hall–Kier alpha value is 0.0400. The fourth-order valence-corrected chi connectivity index (χ4v) is 2.95. The lowest BCUT2D eigenvalue weighted by Gasteiger charge is -2.32. The first-order valence-electron chi connectivity index (χ1n) is 4.85. The first-order chi connectivity index (χ1) is 5.77. The molecule has 0 N–H and O–H groups in total. The molecular weight excluding hydrogens is 212 g/mol. The van der Waals surface area contributed by atoms with Gasteiger partial charge in [-0.1, -0.05) is 29.3 Å². The molecule has 1 aliphatic carbocycles. The number of rotatable bonds is 2. The molecule has 3 unspecified atom stereocenters. The van der Waals surface area contributed by atoms with Crippen molar-refractivity contribution in [2.75, 3.05) is 0 Å². The standard InChI is InChI=1S/C11H17Br/c1-3-5-10-8-11(12)7-6-9(10)4-2/h1,9-11H,4-8H2,2H3. The zero-order valence-corrected chi connectivity index (χ0v) is 9.31. The van der Waals surface area contributed by atoms with Crippen molar-refractivity contribution in [1.29, 1.82) is 0 Å². The lowest BCUT2D eigenvalue weighted by Crippen LogP contribution is -2.24.